The van der Waals surface area contributed by atoms with Gasteiger partial charge in [0.25, 0.3) is 0 Å². The van der Waals surface area contributed by atoms with Gasteiger partial charge in [-0.05, 0) is 41.7 Å². The normalized spacial score (nSPS) is 12.8. The molecule has 0 saturated heterocycles. The van der Waals surface area contributed by atoms with E-state index in [1.165, 1.54) is 11.1 Å². The van der Waals surface area contributed by atoms with Crippen molar-refractivity contribution in [1.82, 2.24) is 0 Å². The second-order valence-electron chi connectivity index (χ2n) is 4.84. The Labute approximate surface area is 111 Å². The minimum Gasteiger partial charge on any atom is -0.481 e. The van der Waals surface area contributed by atoms with Crippen LogP contribution >= 0.6 is 0 Å². The second-order valence-corrected chi connectivity index (χ2v) is 4.84. The number of hydrogen-bond donors (Lipinski definition) is 2. The number of nitrogens with one attached hydrogen (secondary N) is 1. The third kappa shape index (κ3) is 2.45. The van der Waals surface area contributed by atoms with E-state index in [2.05, 4.69) is 17.4 Å². The van der Waals surface area contributed by atoms with Crippen molar-refractivity contribution in [2.24, 2.45) is 0 Å². The number of carboxylic acids is 1. The molecule has 0 amide bonds. The van der Waals surface area contributed by atoms with Crippen LogP contribution in [0.5, 0.6) is 0 Å². The molecule has 0 aliphatic carbocycles. The zero-order valence-corrected chi connectivity index (χ0v) is 10.5. The van der Waals surface area contributed by atoms with Crippen molar-refractivity contribution >= 4 is 17.3 Å². The average molecular weight is 253 g/mol. The van der Waals surface area contributed by atoms with Crippen LogP contribution in [0.2, 0.25) is 0 Å². The van der Waals surface area contributed by atoms with Crippen molar-refractivity contribution in [2.45, 2.75) is 19.3 Å². The fraction of sp³-hybridized carbons (Fsp3) is 0.188. The first kappa shape index (κ1) is 11.8. The Kier molecular flexibility index (Phi) is 2.95. The van der Waals surface area contributed by atoms with Crippen LogP contribution in [0.15, 0.2) is 42.5 Å². The summed E-state index contributed by atoms with van der Waals surface area (Å²) in [5.74, 6) is -0.787. The van der Waals surface area contributed by atoms with Crippen LogP contribution in [-0.2, 0) is 24.1 Å². The van der Waals surface area contributed by atoms with Gasteiger partial charge in [0.05, 0.1) is 6.42 Å². The van der Waals surface area contributed by atoms with E-state index < -0.39 is 5.97 Å². The van der Waals surface area contributed by atoms with Gasteiger partial charge in [0.1, 0.15) is 0 Å². The summed E-state index contributed by atoms with van der Waals surface area (Å²) >= 11 is 0. The zero-order chi connectivity index (χ0) is 13.2. The van der Waals surface area contributed by atoms with Crippen LogP contribution in [0.3, 0.4) is 0 Å². The number of aryl methyl sites for hydroxylation is 2. The van der Waals surface area contributed by atoms with Crippen LogP contribution in [0.25, 0.3) is 0 Å². The number of para-hydroxylation sites is 1. The molecule has 0 spiro atoms. The van der Waals surface area contributed by atoms with Crippen LogP contribution in [0, 0.1) is 0 Å². The van der Waals surface area contributed by atoms with E-state index >= 15 is 0 Å². The molecule has 2 aromatic carbocycles. The fourth-order valence-electron chi connectivity index (χ4n) is 2.54. The molecule has 3 heteroatoms. The molecule has 3 nitrogen and oxygen atoms in total. The van der Waals surface area contributed by atoms with E-state index in [0.717, 1.165) is 29.8 Å². The maximum atomic E-state index is 10.8. The molecule has 0 atom stereocenters. The maximum Gasteiger partial charge on any atom is 0.307 e. The number of benzene rings is 2. The van der Waals surface area contributed by atoms with Gasteiger partial charge in [0.2, 0.25) is 0 Å². The van der Waals surface area contributed by atoms with Crippen molar-refractivity contribution in [1.29, 1.82) is 0 Å². The highest BCUT2D eigenvalue weighted by atomic mass is 16.4. The lowest BCUT2D eigenvalue weighted by Crippen LogP contribution is -2.01. The highest BCUT2D eigenvalue weighted by Gasteiger charge is 2.13. The van der Waals surface area contributed by atoms with E-state index in [9.17, 15) is 4.79 Å². The van der Waals surface area contributed by atoms with Gasteiger partial charge in [-0.25, -0.2) is 0 Å². The number of aliphatic carboxylic acids is 1. The maximum absolute atomic E-state index is 10.8. The largest absolute Gasteiger partial charge is 0.481 e. The first-order chi connectivity index (χ1) is 9.22. The van der Waals surface area contributed by atoms with Gasteiger partial charge in [-0.15, -0.1) is 0 Å². The summed E-state index contributed by atoms with van der Waals surface area (Å²) in [6.45, 7) is 0. The molecule has 1 heterocycles. The molecular formula is C16H15NO2. The summed E-state index contributed by atoms with van der Waals surface area (Å²) in [6.07, 6.45) is 2.00. The molecule has 0 aromatic heterocycles. The Balaban J connectivity index is 1.95. The zero-order valence-electron chi connectivity index (χ0n) is 10.5. The molecular weight excluding hydrogens is 238 g/mol. The van der Waals surface area contributed by atoms with Crippen LogP contribution in [0.4, 0.5) is 11.4 Å². The Bertz CT molecular complexity index is 634. The Morgan fingerprint density at radius 2 is 1.79 bits per heavy atom. The molecule has 0 saturated carbocycles. The van der Waals surface area contributed by atoms with Gasteiger partial charge in [-0.3, -0.25) is 4.79 Å². The van der Waals surface area contributed by atoms with Gasteiger partial charge in [0.15, 0.2) is 0 Å². The van der Waals surface area contributed by atoms with E-state index in [-0.39, 0.29) is 6.42 Å². The predicted molar refractivity (Wildman–Crippen MR) is 74.9 cm³/mol. The third-order valence-corrected chi connectivity index (χ3v) is 3.48. The van der Waals surface area contributed by atoms with Gasteiger partial charge in [-0.2, -0.15) is 0 Å². The molecule has 2 N–H and O–H groups in total. The van der Waals surface area contributed by atoms with Gasteiger partial charge in [0, 0.05) is 11.4 Å². The molecule has 0 radical (unpaired) electrons. The number of fused-ring (bicyclic) bond motifs is 2. The van der Waals surface area contributed by atoms with Crippen LogP contribution in [-0.4, -0.2) is 11.1 Å². The van der Waals surface area contributed by atoms with Crippen LogP contribution in [0.1, 0.15) is 16.7 Å². The third-order valence-electron chi connectivity index (χ3n) is 3.48. The Morgan fingerprint density at radius 3 is 2.63 bits per heavy atom. The van der Waals surface area contributed by atoms with Gasteiger partial charge >= 0.3 is 5.97 Å². The number of hydrogen-bond acceptors (Lipinski definition) is 2. The Hall–Kier alpha value is -2.29. The summed E-state index contributed by atoms with van der Waals surface area (Å²) in [4.78, 5) is 10.8. The van der Waals surface area contributed by atoms with E-state index in [1.54, 1.807) is 0 Å². The first-order valence-corrected chi connectivity index (χ1v) is 6.41. The van der Waals surface area contributed by atoms with Gasteiger partial charge in [-0.1, -0.05) is 30.3 Å². The summed E-state index contributed by atoms with van der Waals surface area (Å²) in [7, 11) is 0. The number of rotatable bonds is 2. The minimum atomic E-state index is -0.787. The molecule has 0 fully saturated rings. The molecule has 0 bridgehead atoms. The molecule has 2 aromatic rings. The van der Waals surface area contributed by atoms with Gasteiger partial charge < -0.3 is 10.4 Å². The second kappa shape index (κ2) is 4.76. The minimum absolute atomic E-state index is 0.0836. The molecule has 0 unspecified atom stereocenters. The topological polar surface area (TPSA) is 49.3 Å². The van der Waals surface area contributed by atoms with Crippen LogP contribution < -0.4 is 5.32 Å². The van der Waals surface area contributed by atoms with E-state index in [0.29, 0.717) is 0 Å². The summed E-state index contributed by atoms with van der Waals surface area (Å²) in [5, 5.41) is 12.3. The lowest BCUT2D eigenvalue weighted by molar-refractivity contribution is -0.136. The monoisotopic (exact) mass is 253 g/mol. The standard InChI is InChI=1S/C16H15NO2/c18-16(19)10-11-5-8-15-13(9-11)7-6-12-3-1-2-4-14(12)17-15/h1-5,8-9,17H,6-7,10H2,(H,18,19). The number of carboxylic acid groups (broad SMARTS) is 1. The summed E-state index contributed by atoms with van der Waals surface area (Å²) < 4.78 is 0. The summed E-state index contributed by atoms with van der Waals surface area (Å²) in [5.41, 5.74) is 5.58. The highest BCUT2D eigenvalue weighted by Crippen LogP contribution is 2.30. The molecule has 3 rings (SSSR count). The van der Waals surface area contributed by atoms with Crippen molar-refractivity contribution in [2.75, 3.05) is 5.32 Å². The summed E-state index contributed by atoms with van der Waals surface area (Å²) in [6, 6.07) is 14.1. The molecule has 96 valence electrons. The van der Waals surface area contributed by atoms with Crippen molar-refractivity contribution in [3.05, 3.63) is 59.2 Å². The first-order valence-electron chi connectivity index (χ1n) is 6.41. The quantitative estimate of drug-likeness (QED) is 0.864. The lowest BCUT2D eigenvalue weighted by Gasteiger charge is -2.10. The number of carbonyl (C=O) groups is 1. The SMILES string of the molecule is O=C(O)Cc1ccc2c(c1)CCc1ccccc1N2. The fourth-order valence-corrected chi connectivity index (χ4v) is 2.54. The van der Waals surface area contributed by atoms with Crippen molar-refractivity contribution < 1.29 is 9.90 Å². The number of anilines is 2. The highest BCUT2D eigenvalue weighted by molar-refractivity contribution is 5.72. The molecule has 19 heavy (non-hydrogen) atoms. The molecule has 1 aliphatic heterocycles. The average Bonchev–Trinajstić information content (AvgIpc) is 2.57. The smallest absolute Gasteiger partial charge is 0.307 e. The van der Waals surface area contributed by atoms with Crippen molar-refractivity contribution in [3.63, 3.8) is 0 Å². The van der Waals surface area contributed by atoms with E-state index in [1.807, 2.05) is 30.3 Å². The molecule has 1 aliphatic rings. The Morgan fingerprint density at radius 1 is 1.05 bits per heavy atom. The predicted octanol–water partition coefficient (Wildman–Crippen LogP) is 3.16. The lowest BCUT2D eigenvalue weighted by atomic mass is 10.0. The van der Waals surface area contributed by atoms with Crippen molar-refractivity contribution in [3.8, 4) is 0 Å². The van der Waals surface area contributed by atoms with E-state index in [4.69, 9.17) is 5.11 Å².